The Hall–Kier alpha value is -1.50. The minimum absolute atomic E-state index is 0.0991. The Labute approximate surface area is 107 Å². The van der Waals surface area contributed by atoms with Crippen LogP contribution in [0.4, 0.5) is 11.8 Å². The zero-order valence-corrected chi connectivity index (χ0v) is 10.2. The molecule has 0 radical (unpaired) electrons. The fraction of sp³-hybridized carbons (Fsp3) is 0. The van der Waals surface area contributed by atoms with Gasteiger partial charge in [0.2, 0.25) is 5.95 Å². The lowest BCUT2D eigenvalue weighted by molar-refractivity contribution is 0.384. The number of anilines is 2. The van der Waals surface area contributed by atoms with Crippen LogP contribution in [0.3, 0.4) is 0 Å². The quantitative estimate of drug-likeness (QED) is 0.742. The fourth-order valence-corrected chi connectivity index (χ4v) is 2.11. The lowest BCUT2D eigenvalue weighted by atomic mass is 10.4. The average molecular weight is 269 g/mol. The molecule has 0 aliphatic carbocycles. The Morgan fingerprint density at radius 2 is 2.00 bits per heavy atom. The third-order valence-electron chi connectivity index (χ3n) is 1.92. The van der Waals surface area contributed by atoms with E-state index in [1.165, 1.54) is 11.8 Å². The molecule has 0 amide bonds. The van der Waals surface area contributed by atoms with Gasteiger partial charge in [-0.25, -0.2) is 4.98 Å². The Morgan fingerprint density at radius 1 is 1.29 bits per heavy atom. The van der Waals surface area contributed by atoms with Gasteiger partial charge in [-0.2, -0.15) is 4.98 Å². The van der Waals surface area contributed by atoms with Gasteiger partial charge in [0.1, 0.15) is 0 Å². The van der Waals surface area contributed by atoms with Crippen molar-refractivity contribution in [1.29, 1.82) is 0 Å². The third-order valence-corrected chi connectivity index (χ3v) is 3.20. The second-order valence-electron chi connectivity index (χ2n) is 3.11. The monoisotopic (exact) mass is 268 g/mol. The molecule has 0 bridgehead atoms. The van der Waals surface area contributed by atoms with E-state index in [2.05, 4.69) is 9.97 Å². The molecule has 0 aliphatic rings. The second kappa shape index (κ2) is 5.22. The third kappa shape index (κ3) is 3.00. The molecule has 17 heavy (non-hydrogen) atoms. The first-order valence-electron chi connectivity index (χ1n) is 4.65. The average Bonchev–Trinajstić information content (AvgIpc) is 2.34. The molecular formula is C10H9ClN4OS. The number of nitrogens with one attached hydrogen (secondary N) is 1. The molecule has 1 aromatic heterocycles. The van der Waals surface area contributed by atoms with Crippen LogP contribution in [-0.2, 0) is 0 Å². The van der Waals surface area contributed by atoms with Crippen LogP contribution in [0.25, 0.3) is 0 Å². The van der Waals surface area contributed by atoms with E-state index in [0.717, 1.165) is 4.90 Å². The lowest BCUT2D eigenvalue weighted by Crippen LogP contribution is -2.01. The SMILES string of the molecule is Nc1ncc(Sc2ccc(Cl)cc2)c(NO)n1. The van der Waals surface area contributed by atoms with E-state index in [1.54, 1.807) is 18.3 Å². The van der Waals surface area contributed by atoms with E-state index in [4.69, 9.17) is 22.5 Å². The van der Waals surface area contributed by atoms with Crippen LogP contribution in [0.15, 0.2) is 40.3 Å². The van der Waals surface area contributed by atoms with Crippen LogP contribution in [0, 0.1) is 0 Å². The molecule has 0 atom stereocenters. The van der Waals surface area contributed by atoms with Crippen molar-refractivity contribution in [3.63, 3.8) is 0 Å². The minimum Gasteiger partial charge on any atom is -0.368 e. The number of nitrogens with two attached hydrogens (primary N) is 1. The van der Waals surface area contributed by atoms with E-state index >= 15 is 0 Å². The van der Waals surface area contributed by atoms with Crippen LogP contribution in [0.5, 0.6) is 0 Å². The van der Waals surface area contributed by atoms with Gasteiger partial charge in [0.15, 0.2) is 5.82 Å². The Morgan fingerprint density at radius 3 is 2.65 bits per heavy atom. The van der Waals surface area contributed by atoms with Gasteiger partial charge in [0.25, 0.3) is 0 Å². The van der Waals surface area contributed by atoms with Gasteiger partial charge in [-0.3, -0.25) is 10.7 Å². The lowest BCUT2D eigenvalue weighted by Gasteiger charge is -2.06. The summed E-state index contributed by atoms with van der Waals surface area (Å²) in [6.45, 7) is 0. The van der Waals surface area contributed by atoms with Gasteiger partial charge in [0, 0.05) is 16.1 Å². The molecule has 5 nitrogen and oxygen atoms in total. The summed E-state index contributed by atoms with van der Waals surface area (Å²) < 4.78 is 0. The van der Waals surface area contributed by atoms with Gasteiger partial charge in [-0.1, -0.05) is 23.4 Å². The fourth-order valence-electron chi connectivity index (χ4n) is 1.17. The molecule has 7 heteroatoms. The minimum atomic E-state index is 0.0991. The van der Waals surface area contributed by atoms with E-state index in [0.29, 0.717) is 9.92 Å². The summed E-state index contributed by atoms with van der Waals surface area (Å²) in [5.41, 5.74) is 7.41. The summed E-state index contributed by atoms with van der Waals surface area (Å²) in [7, 11) is 0. The van der Waals surface area contributed by atoms with Crippen molar-refractivity contribution in [3.05, 3.63) is 35.5 Å². The normalized spacial score (nSPS) is 10.2. The Balaban J connectivity index is 2.26. The Bertz CT molecular complexity index is 520. The summed E-state index contributed by atoms with van der Waals surface area (Å²) in [6.07, 6.45) is 1.54. The molecule has 0 fully saturated rings. The van der Waals surface area contributed by atoms with Crippen molar-refractivity contribution in [1.82, 2.24) is 9.97 Å². The molecule has 1 aromatic carbocycles. The molecule has 0 unspecified atom stereocenters. The molecule has 2 rings (SSSR count). The highest BCUT2D eigenvalue weighted by Gasteiger charge is 2.07. The highest BCUT2D eigenvalue weighted by atomic mass is 35.5. The van der Waals surface area contributed by atoms with E-state index in [9.17, 15) is 0 Å². The first-order valence-corrected chi connectivity index (χ1v) is 5.84. The van der Waals surface area contributed by atoms with Gasteiger partial charge in [0.05, 0.1) is 4.90 Å². The van der Waals surface area contributed by atoms with Crippen LogP contribution in [-0.4, -0.2) is 15.2 Å². The zero-order chi connectivity index (χ0) is 12.3. The number of nitrogen functional groups attached to an aromatic ring is 1. The first-order chi connectivity index (χ1) is 8.19. The highest BCUT2D eigenvalue weighted by Crippen LogP contribution is 2.32. The summed E-state index contributed by atoms with van der Waals surface area (Å²) >= 11 is 7.19. The molecule has 0 spiro atoms. The number of hydrogen-bond donors (Lipinski definition) is 3. The van der Waals surface area contributed by atoms with E-state index < -0.39 is 0 Å². The van der Waals surface area contributed by atoms with Crippen LogP contribution < -0.4 is 11.2 Å². The van der Waals surface area contributed by atoms with Crippen molar-refractivity contribution in [3.8, 4) is 0 Å². The van der Waals surface area contributed by atoms with Gasteiger partial charge < -0.3 is 5.73 Å². The highest BCUT2D eigenvalue weighted by molar-refractivity contribution is 7.99. The first kappa shape index (κ1) is 12.0. The number of hydrogen-bond acceptors (Lipinski definition) is 6. The zero-order valence-electron chi connectivity index (χ0n) is 8.59. The van der Waals surface area contributed by atoms with Crippen molar-refractivity contribution in [2.24, 2.45) is 0 Å². The smallest absolute Gasteiger partial charge is 0.222 e. The largest absolute Gasteiger partial charge is 0.368 e. The maximum Gasteiger partial charge on any atom is 0.222 e. The summed E-state index contributed by atoms with van der Waals surface area (Å²) in [4.78, 5) is 9.36. The van der Waals surface area contributed by atoms with Crippen molar-refractivity contribution >= 4 is 35.1 Å². The molecule has 0 aliphatic heterocycles. The molecule has 4 N–H and O–H groups in total. The summed E-state index contributed by atoms with van der Waals surface area (Å²) in [6, 6.07) is 7.30. The maximum atomic E-state index is 8.93. The van der Waals surface area contributed by atoms with E-state index in [1.807, 2.05) is 17.6 Å². The van der Waals surface area contributed by atoms with Crippen LogP contribution >= 0.6 is 23.4 Å². The number of halogens is 1. The summed E-state index contributed by atoms with van der Waals surface area (Å²) in [5, 5.41) is 9.60. The standard InChI is InChI=1S/C10H9ClN4OS/c11-6-1-3-7(4-2-6)17-8-5-13-10(12)14-9(8)15-16/h1-5,16H,(H3,12,13,14,15). The van der Waals surface area contributed by atoms with Crippen molar-refractivity contribution in [2.75, 3.05) is 11.2 Å². The van der Waals surface area contributed by atoms with E-state index in [-0.39, 0.29) is 11.8 Å². The van der Waals surface area contributed by atoms with Gasteiger partial charge in [-0.05, 0) is 24.3 Å². The number of rotatable bonds is 3. The van der Waals surface area contributed by atoms with Crippen molar-refractivity contribution in [2.45, 2.75) is 9.79 Å². The Kier molecular flexibility index (Phi) is 3.68. The molecule has 0 saturated carbocycles. The number of aromatic nitrogens is 2. The molecular weight excluding hydrogens is 260 g/mol. The topological polar surface area (TPSA) is 84.1 Å². The number of nitrogens with zero attached hydrogens (tertiary/aromatic N) is 2. The summed E-state index contributed by atoms with van der Waals surface area (Å²) in [5.74, 6) is 0.374. The van der Waals surface area contributed by atoms with Crippen LogP contribution in [0.2, 0.25) is 5.02 Å². The maximum absolute atomic E-state index is 8.93. The molecule has 88 valence electrons. The number of benzene rings is 1. The van der Waals surface area contributed by atoms with Crippen LogP contribution in [0.1, 0.15) is 0 Å². The molecule has 0 saturated heterocycles. The molecule has 2 aromatic rings. The second-order valence-corrected chi connectivity index (χ2v) is 4.66. The predicted octanol–water partition coefficient (Wildman–Crippen LogP) is 2.66. The van der Waals surface area contributed by atoms with Gasteiger partial charge >= 0.3 is 0 Å². The van der Waals surface area contributed by atoms with Crippen molar-refractivity contribution < 1.29 is 5.21 Å². The molecule has 1 heterocycles. The van der Waals surface area contributed by atoms with Gasteiger partial charge in [-0.15, -0.1) is 0 Å². The predicted molar refractivity (Wildman–Crippen MR) is 67.4 cm³/mol.